The lowest BCUT2D eigenvalue weighted by Gasteiger charge is -2.19. The molecular formula is C20H17N5O6. The predicted molar refractivity (Wildman–Crippen MR) is 110 cm³/mol. The van der Waals surface area contributed by atoms with Gasteiger partial charge < -0.3 is 29.6 Å². The highest BCUT2D eigenvalue weighted by molar-refractivity contribution is 5.77. The molecule has 31 heavy (non-hydrogen) atoms. The van der Waals surface area contributed by atoms with Gasteiger partial charge in [-0.25, -0.2) is 9.97 Å². The van der Waals surface area contributed by atoms with E-state index in [1.807, 2.05) is 0 Å². The van der Waals surface area contributed by atoms with Crippen LogP contribution in [0.5, 0.6) is 23.0 Å². The Labute approximate surface area is 176 Å². The Morgan fingerprint density at radius 1 is 0.742 bits per heavy atom. The van der Waals surface area contributed by atoms with Crippen LogP contribution in [0.4, 0.5) is 28.7 Å². The molecule has 0 spiro atoms. The molecule has 158 valence electrons. The maximum Gasteiger partial charge on any atom is 0.353 e. The lowest BCUT2D eigenvalue weighted by Crippen LogP contribution is -2.15. The number of nitrogens with zero attached hydrogens (tertiary/aromatic N) is 3. The van der Waals surface area contributed by atoms with E-state index in [4.69, 9.17) is 18.9 Å². The van der Waals surface area contributed by atoms with E-state index in [0.29, 0.717) is 60.8 Å². The van der Waals surface area contributed by atoms with Crippen molar-refractivity contribution >= 4 is 28.7 Å². The monoisotopic (exact) mass is 423 g/mol. The molecule has 1 aromatic heterocycles. The third-order valence-electron chi connectivity index (χ3n) is 4.61. The molecule has 0 aliphatic carbocycles. The number of rotatable bonds is 5. The molecule has 0 radical (unpaired) electrons. The first kappa shape index (κ1) is 18.7. The minimum Gasteiger partial charge on any atom is -0.486 e. The first-order valence-electron chi connectivity index (χ1n) is 9.50. The Kier molecular flexibility index (Phi) is 4.75. The molecule has 3 aromatic rings. The molecule has 2 aliphatic heterocycles. The van der Waals surface area contributed by atoms with Gasteiger partial charge >= 0.3 is 5.69 Å². The fourth-order valence-corrected chi connectivity index (χ4v) is 3.25. The van der Waals surface area contributed by atoms with Crippen molar-refractivity contribution in [1.82, 2.24) is 9.97 Å². The normalized spacial score (nSPS) is 13.9. The van der Waals surface area contributed by atoms with Gasteiger partial charge in [-0.1, -0.05) is 0 Å². The maximum absolute atomic E-state index is 11.8. The Morgan fingerprint density at radius 2 is 1.19 bits per heavy atom. The number of ether oxygens (including phenoxy) is 4. The standard InChI is InChI=1S/C20H17N5O6/c26-25(27)18-19(23-12-1-3-14-16(9-12)30-7-5-28-14)21-11-22-20(18)24-13-2-4-15-17(10-13)31-8-6-29-15/h1-4,9-11H,5-8H2,(H2,21,22,23,24). The van der Waals surface area contributed by atoms with Crippen LogP contribution in [0, 0.1) is 10.1 Å². The molecule has 0 unspecified atom stereocenters. The largest absolute Gasteiger partial charge is 0.486 e. The van der Waals surface area contributed by atoms with E-state index >= 15 is 0 Å². The van der Waals surface area contributed by atoms with Crippen molar-refractivity contribution in [2.24, 2.45) is 0 Å². The summed E-state index contributed by atoms with van der Waals surface area (Å²) in [5.41, 5.74) is 0.833. The van der Waals surface area contributed by atoms with Gasteiger partial charge in [0.2, 0.25) is 11.6 Å². The molecule has 2 N–H and O–H groups in total. The number of fused-ring (bicyclic) bond motifs is 2. The molecule has 0 fully saturated rings. The second kappa shape index (κ2) is 7.86. The van der Waals surface area contributed by atoms with Crippen molar-refractivity contribution in [1.29, 1.82) is 0 Å². The summed E-state index contributed by atoms with van der Waals surface area (Å²) in [5.74, 6) is 2.43. The highest BCUT2D eigenvalue weighted by atomic mass is 16.6. The average Bonchev–Trinajstić information content (AvgIpc) is 2.79. The van der Waals surface area contributed by atoms with Gasteiger partial charge in [-0.3, -0.25) is 10.1 Å². The SMILES string of the molecule is O=[N+]([O-])c1c(Nc2ccc3c(c2)OCCO3)ncnc1Nc1ccc2c(c1)OCCO2. The molecule has 11 heteroatoms. The summed E-state index contributed by atoms with van der Waals surface area (Å²) in [7, 11) is 0. The van der Waals surface area contributed by atoms with Crippen LogP contribution in [-0.2, 0) is 0 Å². The van der Waals surface area contributed by atoms with E-state index in [1.54, 1.807) is 36.4 Å². The minimum atomic E-state index is -0.541. The van der Waals surface area contributed by atoms with Crippen LogP contribution in [0.2, 0.25) is 0 Å². The van der Waals surface area contributed by atoms with Gasteiger partial charge in [-0.05, 0) is 24.3 Å². The van der Waals surface area contributed by atoms with Crippen molar-refractivity contribution in [2.75, 3.05) is 37.1 Å². The van der Waals surface area contributed by atoms with E-state index in [1.165, 1.54) is 6.33 Å². The number of nitrogens with one attached hydrogen (secondary N) is 2. The summed E-state index contributed by atoms with van der Waals surface area (Å²) >= 11 is 0. The zero-order chi connectivity index (χ0) is 21.2. The van der Waals surface area contributed by atoms with Gasteiger partial charge in [-0.15, -0.1) is 0 Å². The van der Waals surface area contributed by atoms with Crippen molar-refractivity contribution in [2.45, 2.75) is 0 Å². The molecule has 0 atom stereocenters. The Morgan fingerprint density at radius 3 is 1.65 bits per heavy atom. The van der Waals surface area contributed by atoms with Gasteiger partial charge in [-0.2, -0.15) is 0 Å². The van der Waals surface area contributed by atoms with E-state index < -0.39 is 4.92 Å². The van der Waals surface area contributed by atoms with Gasteiger partial charge in [0.05, 0.1) is 4.92 Å². The molecule has 0 saturated carbocycles. The van der Waals surface area contributed by atoms with Crippen LogP contribution in [0.1, 0.15) is 0 Å². The van der Waals surface area contributed by atoms with Gasteiger partial charge in [0.15, 0.2) is 23.0 Å². The molecule has 0 saturated heterocycles. The third-order valence-corrected chi connectivity index (χ3v) is 4.61. The van der Waals surface area contributed by atoms with Crippen LogP contribution in [0.25, 0.3) is 0 Å². The van der Waals surface area contributed by atoms with Crippen LogP contribution in [0.3, 0.4) is 0 Å². The van der Waals surface area contributed by atoms with E-state index in [9.17, 15) is 10.1 Å². The topological polar surface area (TPSA) is 130 Å². The quantitative estimate of drug-likeness (QED) is 0.465. The summed E-state index contributed by atoms with van der Waals surface area (Å²) in [6.45, 7) is 1.83. The predicted octanol–water partition coefficient (Wildman–Crippen LogP) is 3.41. The maximum atomic E-state index is 11.8. The van der Waals surface area contributed by atoms with Crippen molar-refractivity contribution < 1.29 is 23.9 Å². The van der Waals surface area contributed by atoms with E-state index in [2.05, 4.69) is 20.6 Å². The second-order valence-corrected chi connectivity index (χ2v) is 6.64. The summed E-state index contributed by atoms with van der Waals surface area (Å²) in [5, 5.41) is 17.8. The number of benzene rings is 2. The summed E-state index contributed by atoms with van der Waals surface area (Å²) in [6, 6.07) is 10.3. The number of anilines is 4. The number of nitro groups is 1. The summed E-state index contributed by atoms with van der Waals surface area (Å²) in [6.07, 6.45) is 1.24. The molecule has 2 aliphatic rings. The van der Waals surface area contributed by atoms with E-state index in [0.717, 1.165) is 0 Å². The first-order chi connectivity index (χ1) is 15.2. The van der Waals surface area contributed by atoms with Crippen molar-refractivity contribution in [3.8, 4) is 23.0 Å². The highest BCUT2D eigenvalue weighted by Gasteiger charge is 2.24. The molecule has 11 nitrogen and oxygen atoms in total. The molecule has 5 rings (SSSR count). The summed E-state index contributed by atoms with van der Waals surface area (Å²) < 4.78 is 22.1. The summed E-state index contributed by atoms with van der Waals surface area (Å²) in [4.78, 5) is 19.4. The Bertz CT molecular complexity index is 1080. The smallest absolute Gasteiger partial charge is 0.353 e. The van der Waals surface area contributed by atoms with Crippen molar-refractivity contribution in [3.63, 3.8) is 0 Å². The van der Waals surface area contributed by atoms with E-state index in [-0.39, 0.29) is 17.3 Å². The molecule has 2 aromatic carbocycles. The molecular weight excluding hydrogens is 406 g/mol. The van der Waals surface area contributed by atoms with Crippen molar-refractivity contribution in [3.05, 3.63) is 52.8 Å². The van der Waals surface area contributed by atoms with Crippen LogP contribution in [-0.4, -0.2) is 41.3 Å². The minimum absolute atomic E-state index is 0.0386. The lowest BCUT2D eigenvalue weighted by atomic mass is 10.2. The lowest BCUT2D eigenvalue weighted by molar-refractivity contribution is -0.383. The molecule has 3 heterocycles. The average molecular weight is 423 g/mol. The fourth-order valence-electron chi connectivity index (χ4n) is 3.25. The van der Waals surface area contributed by atoms with Crippen LogP contribution < -0.4 is 29.6 Å². The number of aromatic nitrogens is 2. The van der Waals surface area contributed by atoms with Crippen LogP contribution in [0.15, 0.2) is 42.7 Å². The van der Waals surface area contributed by atoms with Gasteiger partial charge in [0.25, 0.3) is 0 Å². The first-order valence-corrected chi connectivity index (χ1v) is 9.50. The third kappa shape index (κ3) is 3.80. The zero-order valence-corrected chi connectivity index (χ0v) is 16.2. The van der Waals surface area contributed by atoms with Gasteiger partial charge in [0.1, 0.15) is 32.8 Å². The zero-order valence-electron chi connectivity index (χ0n) is 16.2. The Hall–Kier alpha value is -4.28. The fraction of sp³-hybridized carbons (Fsp3) is 0.200. The second-order valence-electron chi connectivity index (χ2n) is 6.64. The number of hydrogen-bond donors (Lipinski definition) is 2. The molecule has 0 bridgehead atoms. The number of hydrogen-bond acceptors (Lipinski definition) is 10. The molecule has 0 amide bonds. The highest BCUT2D eigenvalue weighted by Crippen LogP contribution is 2.38. The van der Waals surface area contributed by atoms with Crippen LogP contribution >= 0.6 is 0 Å². The van der Waals surface area contributed by atoms with Gasteiger partial charge in [0, 0.05) is 23.5 Å². The Balaban J connectivity index is 1.44.